The quantitative estimate of drug-likeness (QED) is 0.887. The second kappa shape index (κ2) is 5.93. The van der Waals surface area contributed by atoms with E-state index in [1.807, 2.05) is 6.92 Å². The molecule has 2 amide bonds. The molecule has 21 heavy (non-hydrogen) atoms. The molecule has 3 rings (SSSR count). The fraction of sp³-hybridized carbons (Fsp3) is 0.571. The zero-order chi connectivity index (χ0) is 14.8. The molecule has 1 aromatic heterocycles. The molecule has 0 bridgehead atoms. The molecule has 2 N–H and O–H groups in total. The molecule has 0 radical (unpaired) electrons. The summed E-state index contributed by atoms with van der Waals surface area (Å²) in [6, 6.07) is -0.131. The van der Waals surface area contributed by atoms with Crippen LogP contribution in [-0.4, -0.2) is 22.5 Å². The highest BCUT2D eigenvalue weighted by Gasteiger charge is 2.23. The molecule has 1 aromatic rings. The zero-order valence-corrected chi connectivity index (χ0v) is 12.8. The van der Waals surface area contributed by atoms with Crippen LogP contribution in [0.4, 0.5) is 0 Å². The van der Waals surface area contributed by atoms with Crippen LogP contribution in [0, 0.1) is 0 Å². The maximum Gasteiger partial charge on any atom is 0.268 e. The van der Waals surface area contributed by atoms with Gasteiger partial charge in [0.2, 0.25) is 5.91 Å². The van der Waals surface area contributed by atoms with Crippen molar-refractivity contribution in [2.45, 2.75) is 51.5 Å². The molecule has 112 valence electrons. The van der Waals surface area contributed by atoms with Crippen molar-refractivity contribution >= 4 is 28.9 Å². The summed E-state index contributed by atoms with van der Waals surface area (Å²) in [7, 11) is 0. The summed E-state index contributed by atoms with van der Waals surface area (Å²) in [6.45, 7) is 1.93. The summed E-state index contributed by atoms with van der Waals surface area (Å²) in [5.41, 5.74) is 3.92. The predicted molar refractivity (Wildman–Crippen MR) is 80.1 cm³/mol. The molecule has 0 spiro atoms. The van der Waals surface area contributed by atoms with Crippen LogP contribution >= 0.6 is 11.3 Å². The van der Waals surface area contributed by atoms with Gasteiger partial charge in [-0.3, -0.25) is 9.59 Å². The molecule has 2 heterocycles. The van der Waals surface area contributed by atoms with Crippen molar-refractivity contribution in [1.82, 2.24) is 15.7 Å². The first-order valence-corrected chi connectivity index (χ1v) is 8.10. The fourth-order valence-corrected chi connectivity index (χ4v) is 3.69. The number of carbonyl (C=O) groups is 2. The van der Waals surface area contributed by atoms with Crippen molar-refractivity contribution in [1.29, 1.82) is 0 Å². The fourth-order valence-electron chi connectivity index (χ4n) is 2.54. The lowest BCUT2D eigenvalue weighted by Gasteiger charge is -2.15. The Kier molecular flexibility index (Phi) is 4.01. The van der Waals surface area contributed by atoms with Gasteiger partial charge in [-0.2, -0.15) is 5.10 Å². The third kappa shape index (κ3) is 3.12. The van der Waals surface area contributed by atoms with E-state index in [0.717, 1.165) is 17.8 Å². The minimum Gasteiger partial charge on any atom is -0.342 e. The van der Waals surface area contributed by atoms with Gasteiger partial charge in [0.15, 0.2) is 0 Å². The van der Waals surface area contributed by atoms with E-state index in [-0.39, 0.29) is 17.9 Å². The number of nitrogens with one attached hydrogen (secondary N) is 2. The van der Waals surface area contributed by atoms with Crippen molar-refractivity contribution in [2.24, 2.45) is 5.10 Å². The van der Waals surface area contributed by atoms with Gasteiger partial charge in [0, 0.05) is 17.7 Å². The molecule has 2 aliphatic rings. The van der Waals surface area contributed by atoms with Crippen LogP contribution in [0.1, 0.15) is 54.2 Å². The molecule has 0 aromatic carbocycles. The second-order valence-corrected chi connectivity index (χ2v) is 6.53. The standard InChI is InChI=1S/C14H18N4O2S/c1-8(14-16-9-4-2-3-5-11(9)21-14)15-13(20)10-6-7-12(19)18-17-10/h8H,2-7H2,1H3,(H,15,20)(H,18,19)/t8-/m1/s1. The number of nitrogens with zero attached hydrogens (tertiary/aromatic N) is 2. The van der Waals surface area contributed by atoms with Gasteiger partial charge in [0.05, 0.1) is 11.7 Å². The van der Waals surface area contributed by atoms with E-state index in [0.29, 0.717) is 18.6 Å². The highest BCUT2D eigenvalue weighted by Crippen LogP contribution is 2.29. The molecule has 0 unspecified atom stereocenters. The number of thiazole rings is 1. The SMILES string of the molecule is C[C@@H](NC(=O)C1=NNC(=O)CC1)c1nc2c(s1)CCCC2. The van der Waals surface area contributed by atoms with Gasteiger partial charge in [0.25, 0.3) is 5.91 Å². The third-order valence-electron chi connectivity index (χ3n) is 3.75. The largest absolute Gasteiger partial charge is 0.342 e. The minimum absolute atomic E-state index is 0.131. The van der Waals surface area contributed by atoms with Crippen LogP contribution < -0.4 is 10.7 Å². The zero-order valence-electron chi connectivity index (χ0n) is 11.9. The predicted octanol–water partition coefficient (Wildman–Crippen LogP) is 1.47. The summed E-state index contributed by atoms with van der Waals surface area (Å²) in [6.07, 6.45) is 5.28. The van der Waals surface area contributed by atoms with Gasteiger partial charge >= 0.3 is 0 Å². The Hall–Kier alpha value is -1.76. The third-order valence-corrected chi connectivity index (χ3v) is 5.09. The monoisotopic (exact) mass is 306 g/mol. The second-order valence-electron chi connectivity index (χ2n) is 5.42. The molecule has 6 nitrogen and oxygen atoms in total. The maximum absolute atomic E-state index is 12.1. The highest BCUT2D eigenvalue weighted by atomic mass is 32.1. The lowest BCUT2D eigenvalue weighted by atomic mass is 10.0. The van der Waals surface area contributed by atoms with E-state index < -0.39 is 0 Å². The van der Waals surface area contributed by atoms with Crippen molar-refractivity contribution < 1.29 is 9.59 Å². The van der Waals surface area contributed by atoms with Crippen LogP contribution in [0.25, 0.3) is 0 Å². The molecule has 0 saturated carbocycles. The topological polar surface area (TPSA) is 83.5 Å². The molecule has 1 aliphatic heterocycles. The molecule has 1 aliphatic carbocycles. The van der Waals surface area contributed by atoms with Gasteiger partial charge in [-0.05, 0) is 32.6 Å². The van der Waals surface area contributed by atoms with Gasteiger partial charge < -0.3 is 5.32 Å². The molecule has 7 heteroatoms. The number of hydrogen-bond acceptors (Lipinski definition) is 5. The average Bonchev–Trinajstić information content (AvgIpc) is 2.92. The summed E-state index contributed by atoms with van der Waals surface area (Å²) in [5, 5.41) is 7.68. The van der Waals surface area contributed by atoms with Gasteiger partial charge in [-0.25, -0.2) is 10.4 Å². The number of carbonyl (C=O) groups excluding carboxylic acids is 2. The minimum atomic E-state index is -0.226. The van der Waals surface area contributed by atoms with Crippen LogP contribution in [0.3, 0.4) is 0 Å². The number of aryl methyl sites for hydroxylation is 2. The Bertz CT molecular complexity index is 585. The van der Waals surface area contributed by atoms with Crippen LogP contribution in [0.2, 0.25) is 0 Å². The Morgan fingerprint density at radius 2 is 2.10 bits per heavy atom. The molecule has 1 atom stereocenters. The summed E-state index contributed by atoms with van der Waals surface area (Å²) >= 11 is 1.70. The van der Waals surface area contributed by atoms with Gasteiger partial charge in [-0.1, -0.05) is 0 Å². The number of hydrogen-bond donors (Lipinski definition) is 2. The number of fused-ring (bicyclic) bond motifs is 1. The van der Waals surface area contributed by atoms with E-state index in [1.54, 1.807) is 11.3 Å². The first-order chi connectivity index (χ1) is 10.1. The Balaban J connectivity index is 1.65. The number of amides is 2. The number of rotatable bonds is 3. The van der Waals surface area contributed by atoms with Crippen LogP contribution in [-0.2, 0) is 22.4 Å². The van der Waals surface area contributed by atoms with Crippen molar-refractivity contribution in [2.75, 3.05) is 0 Å². The van der Waals surface area contributed by atoms with Crippen molar-refractivity contribution in [3.63, 3.8) is 0 Å². The lowest BCUT2D eigenvalue weighted by Crippen LogP contribution is -2.37. The number of hydrazone groups is 1. The van der Waals surface area contributed by atoms with E-state index >= 15 is 0 Å². The van der Waals surface area contributed by atoms with E-state index in [4.69, 9.17) is 0 Å². The van der Waals surface area contributed by atoms with Gasteiger partial charge in [0.1, 0.15) is 10.7 Å². The molecule has 0 fully saturated rings. The average molecular weight is 306 g/mol. The Morgan fingerprint density at radius 3 is 2.81 bits per heavy atom. The number of aromatic nitrogens is 1. The lowest BCUT2D eigenvalue weighted by molar-refractivity contribution is -0.121. The van der Waals surface area contributed by atoms with Crippen molar-refractivity contribution in [3.8, 4) is 0 Å². The molecular formula is C14H18N4O2S. The van der Waals surface area contributed by atoms with Crippen LogP contribution in [0.15, 0.2) is 5.10 Å². The summed E-state index contributed by atoms with van der Waals surface area (Å²) in [5.74, 6) is -0.372. The molecular weight excluding hydrogens is 288 g/mol. The summed E-state index contributed by atoms with van der Waals surface area (Å²) in [4.78, 5) is 29.2. The maximum atomic E-state index is 12.1. The first kappa shape index (κ1) is 14.2. The van der Waals surface area contributed by atoms with Gasteiger partial charge in [-0.15, -0.1) is 11.3 Å². The Morgan fingerprint density at radius 1 is 1.29 bits per heavy atom. The highest BCUT2D eigenvalue weighted by molar-refractivity contribution is 7.11. The van der Waals surface area contributed by atoms with E-state index in [2.05, 4.69) is 20.8 Å². The Labute approximate surface area is 127 Å². The smallest absolute Gasteiger partial charge is 0.268 e. The normalized spacial score (nSPS) is 19.3. The van der Waals surface area contributed by atoms with Crippen molar-refractivity contribution in [3.05, 3.63) is 15.6 Å². The summed E-state index contributed by atoms with van der Waals surface area (Å²) < 4.78 is 0. The van der Waals surface area contributed by atoms with E-state index in [9.17, 15) is 9.59 Å². The van der Waals surface area contributed by atoms with Crippen LogP contribution in [0.5, 0.6) is 0 Å². The first-order valence-electron chi connectivity index (χ1n) is 7.28. The molecule has 0 saturated heterocycles. The van der Waals surface area contributed by atoms with E-state index in [1.165, 1.54) is 23.4 Å².